The maximum atomic E-state index is 14.9. The monoisotopic (exact) mass is 415 g/mol. The van der Waals surface area contributed by atoms with E-state index in [4.69, 9.17) is 0 Å². The molecule has 8 heteroatoms. The largest absolute Gasteiger partial charge is 0.419 e. The van der Waals surface area contributed by atoms with Crippen molar-refractivity contribution >= 4 is 22.5 Å². The van der Waals surface area contributed by atoms with E-state index in [1.54, 1.807) is 12.3 Å². The van der Waals surface area contributed by atoms with Gasteiger partial charge < -0.3 is 0 Å². The Kier molecular flexibility index (Phi) is 5.24. The van der Waals surface area contributed by atoms with Gasteiger partial charge in [-0.2, -0.15) is 18.3 Å². The SMILES string of the molecule is O=C1CCCN1N=C(Cc1ccnc2ccccc12)c1cccc(C(F)(F)F)c1F. The molecule has 154 valence electrons. The van der Waals surface area contributed by atoms with E-state index in [9.17, 15) is 22.4 Å². The molecule has 3 aromatic rings. The highest BCUT2D eigenvalue weighted by molar-refractivity contribution is 6.04. The fourth-order valence-electron chi connectivity index (χ4n) is 3.53. The third kappa shape index (κ3) is 3.90. The smallest absolute Gasteiger partial charge is 0.273 e. The molecule has 0 spiro atoms. The molecule has 1 aliphatic rings. The zero-order chi connectivity index (χ0) is 21.3. The van der Waals surface area contributed by atoms with Crippen LogP contribution in [0.25, 0.3) is 10.9 Å². The van der Waals surface area contributed by atoms with Crippen LogP contribution >= 0.6 is 0 Å². The second kappa shape index (κ2) is 7.85. The summed E-state index contributed by atoms with van der Waals surface area (Å²) in [4.78, 5) is 16.3. The van der Waals surface area contributed by atoms with Gasteiger partial charge in [0.05, 0.1) is 16.8 Å². The van der Waals surface area contributed by atoms with Gasteiger partial charge in [0.2, 0.25) is 5.91 Å². The van der Waals surface area contributed by atoms with Gasteiger partial charge >= 0.3 is 6.18 Å². The molecular weight excluding hydrogens is 398 g/mol. The molecule has 1 saturated heterocycles. The summed E-state index contributed by atoms with van der Waals surface area (Å²) in [6.45, 7) is 0.347. The first-order valence-electron chi connectivity index (χ1n) is 9.41. The van der Waals surface area contributed by atoms with Crippen molar-refractivity contribution in [3.8, 4) is 0 Å². The maximum absolute atomic E-state index is 14.9. The first kappa shape index (κ1) is 20.0. The van der Waals surface area contributed by atoms with Crippen molar-refractivity contribution < 1.29 is 22.4 Å². The van der Waals surface area contributed by atoms with E-state index in [1.165, 1.54) is 11.1 Å². The molecule has 2 heterocycles. The van der Waals surface area contributed by atoms with Gasteiger partial charge in [0.1, 0.15) is 5.82 Å². The van der Waals surface area contributed by atoms with Gasteiger partial charge in [0, 0.05) is 36.5 Å². The molecule has 30 heavy (non-hydrogen) atoms. The molecule has 0 saturated carbocycles. The van der Waals surface area contributed by atoms with Crippen molar-refractivity contribution in [2.75, 3.05) is 6.54 Å². The van der Waals surface area contributed by atoms with E-state index < -0.39 is 17.6 Å². The van der Waals surface area contributed by atoms with Crippen molar-refractivity contribution in [3.63, 3.8) is 0 Å². The van der Waals surface area contributed by atoms with Crippen LogP contribution in [-0.2, 0) is 17.4 Å². The predicted molar refractivity (Wildman–Crippen MR) is 104 cm³/mol. The number of carbonyl (C=O) groups is 1. The summed E-state index contributed by atoms with van der Waals surface area (Å²) < 4.78 is 54.6. The molecule has 0 N–H and O–H groups in total. The number of rotatable bonds is 4. The molecule has 1 aliphatic heterocycles. The zero-order valence-electron chi connectivity index (χ0n) is 15.8. The topological polar surface area (TPSA) is 45.6 Å². The quantitative estimate of drug-likeness (QED) is 0.447. The lowest BCUT2D eigenvalue weighted by atomic mass is 9.97. The standard InChI is InChI=1S/C22H17F4N3O/c23-21-16(6-3-7-17(21)22(24,25)26)19(28-29-12-4-9-20(29)30)13-14-10-11-27-18-8-2-1-5-15(14)18/h1-3,5-8,10-11H,4,9,12-13H2. The molecule has 4 rings (SSSR count). The number of benzene rings is 2. The van der Waals surface area contributed by atoms with Crippen LogP contribution in [0.2, 0.25) is 0 Å². The molecule has 0 radical (unpaired) electrons. The number of carbonyl (C=O) groups excluding carboxylic acids is 1. The van der Waals surface area contributed by atoms with Crippen LogP contribution in [0.15, 0.2) is 59.8 Å². The summed E-state index contributed by atoms with van der Waals surface area (Å²) >= 11 is 0. The van der Waals surface area contributed by atoms with E-state index >= 15 is 0 Å². The first-order chi connectivity index (χ1) is 14.3. The Hall–Kier alpha value is -3.29. The van der Waals surface area contributed by atoms with Crippen LogP contribution in [0, 0.1) is 5.82 Å². The van der Waals surface area contributed by atoms with Crippen LogP contribution in [-0.4, -0.2) is 28.2 Å². The van der Waals surface area contributed by atoms with Gasteiger partial charge in [-0.05, 0) is 30.2 Å². The minimum absolute atomic E-state index is 0.0467. The van der Waals surface area contributed by atoms with Gasteiger partial charge in [0.25, 0.3) is 0 Å². The Morgan fingerprint density at radius 1 is 1.10 bits per heavy atom. The molecule has 4 nitrogen and oxygen atoms in total. The number of halogens is 4. The maximum Gasteiger partial charge on any atom is 0.419 e. The molecule has 2 aromatic carbocycles. The fraction of sp³-hybridized carbons (Fsp3) is 0.227. The molecular formula is C22H17F4N3O. The number of aromatic nitrogens is 1. The van der Waals surface area contributed by atoms with Gasteiger partial charge in [-0.1, -0.05) is 30.3 Å². The third-order valence-electron chi connectivity index (χ3n) is 5.00. The normalized spacial score (nSPS) is 15.3. The average molecular weight is 415 g/mol. The molecule has 0 aliphatic carbocycles. The number of para-hydroxylation sites is 1. The summed E-state index contributed by atoms with van der Waals surface area (Å²) in [5, 5.41) is 6.28. The van der Waals surface area contributed by atoms with Crippen LogP contribution in [0.4, 0.5) is 17.6 Å². The Labute approximate surface area is 169 Å². The minimum atomic E-state index is -4.84. The highest BCUT2D eigenvalue weighted by Gasteiger charge is 2.35. The number of alkyl halides is 3. The lowest BCUT2D eigenvalue weighted by molar-refractivity contribution is -0.140. The molecule has 1 fully saturated rings. The zero-order valence-corrected chi connectivity index (χ0v) is 15.8. The summed E-state index contributed by atoms with van der Waals surface area (Å²) in [5.74, 6) is -1.63. The highest BCUT2D eigenvalue weighted by Crippen LogP contribution is 2.33. The van der Waals surface area contributed by atoms with Crippen molar-refractivity contribution in [2.24, 2.45) is 5.10 Å². The van der Waals surface area contributed by atoms with E-state index in [1.807, 2.05) is 24.3 Å². The molecule has 0 atom stereocenters. The van der Waals surface area contributed by atoms with Crippen molar-refractivity contribution in [2.45, 2.75) is 25.4 Å². The predicted octanol–water partition coefficient (Wildman–Crippen LogP) is 4.96. The first-order valence-corrected chi connectivity index (χ1v) is 9.41. The number of hydrogen-bond donors (Lipinski definition) is 0. The lowest BCUT2D eigenvalue weighted by Gasteiger charge is -2.17. The summed E-state index contributed by atoms with van der Waals surface area (Å²) in [6.07, 6.45) is -2.30. The van der Waals surface area contributed by atoms with Crippen LogP contribution in [0.1, 0.15) is 29.5 Å². The minimum Gasteiger partial charge on any atom is -0.273 e. The van der Waals surface area contributed by atoms with E-state index in [0.717, 1.165) is 17.0 Å². The molecule has 1 aromatic heterocycles. The van der Waals surface area contributed by atoms with Gasteiger partial charge in [-0.3, -0.25) is 9.78 Å². The van der Waals surface area contributed by atoms with E-state index in [0.29, 0.717) is 31.0 Å². The van der Waals surface area contributed by atoms with E-state index in [2.05, 4.69) is 10.1 Å². The number of hydrogen-bond acceptors (Lipinski definition) is 3. The second-order valence-electron chi connectivity index (χ2n) is 7.00. The highest BCUT2D eigenvalue weighted by atomic mass is 19.4. The third-order valence-corrected chi connectivity index (χ3v) is 5.00. The van der Waals surface area contributed by atoms with Gasteiger partial charge in [-0.15, -0.1) is 0 Å². The number of fused-ring (bicyclic) bond motifs is 1. The molecule has 0 unspecified atom stereocenters. The van der Waals surface area contributed by atoms with Crippen molar-refractivity contribution in [3.05, 3.63) is 77.2 Å². The number of amides is 1. The number of nitrogens with zero attached hydrogens (tertiary/aromatic N) is 3. The Morgan fingerprint density at radius 2 is 1.90 bits per heavy atom. The van der Waals surface area contributed by atoms with Gasteiger partial charge in [0.15, 0.2) is 0 Å². The Morgan fingerprint density at radius 3 is 2.63 bits per heavy atom. The second-order valence-corrected chi connectivity index (χ2v) is 7.00. The molecule has 1 amide bonds. The van der Waals surface area contributed by atoms with Crippen LogP contribution < -0.4 is 0 Å². The van der Waals surface area contributed by atoms with Crippen molar-refractivity contribution in [1.82, 2.24) is 9.99 Å². The number of pyridine rings is 1. The summed E-state index contributed by atoms with van der Waals surface area (Å²) in [6, 6.07) is 12.1. The van der Waals surface area contributed by atoms with Crippen LogP contribution in [0.3, 0.4) is 0 Å². The van der Waals surface area contributed by atoms with Crippen molar-refractivity contribution in [1.29, 1.82) is 0 Å². The Bertz CT molecular complexity index is 1140. The van der Waals surface area contributed by atoms with Gasteiger partial charge in [-0.25, -0.2) is 9.40 Å². The lowest BCUT2D eigenvalue weighted by Crippen LogP contribution is -2.23. The van der Waals surface area contributed by atoms with Crippen LogP contribution in [0.5, 0.6) is 0 Å². The van der Waals surface area contributed by atoms with E-state index in [-0.39, 0.29) is 23.6 Å². The average Bonchev–Trinajstić information content (AvgIpc) is 3.11. The Balaban J connectivity index is 1.84. The summed E-state index contributed by atoms with van der Waals surface area (Å²) in [7, 11) is 0. The molecule has 0 bridgehead atoms. The summed E-state index contributed by atoms with van der Waals surface area (Å²) in [5.41, 5.74) is -0.144. The fourth-order valence-corrected chi connectivity index (χ4v) is 3.53. The number of hydrazone groups is 1.